The van der Waals surface area contributed by atoms with Crippen LogP contribution in [0.5, 0.6) is 5.75 Å². The lowest BCUT2D eigenvalue weighted by atomic mass is 10.0. The van der Waals surface area contributed by atoms with Crippen molar-refractivity contribution in [3.8, 4) is 5.75 Å². The van der Waals surface area contributed by atoms with Crippen molar-refractivity contribution >= 4 is 28.2 Å². The Balaban J connectivity index is 1.88. The van der Waals surface area contributed by atoms with Crippen molar-refractivity contribution in [3.05, 3.63) is 71.8 Å². The molecule has 4 heteroatoms. The number of Topliss-reactive ketones (excluding diaryl/α,β-unsaturated/α-hetero) is 1. The number of rotatable bonds is 3. The van der Waals surface area contributed by atoms with Crippen molar-refractivity contribution in [2.75, 3.05) is 5.32 Å². The quantitative estimate of drug-likeness (QED) is 0.719. The van der Waals surface area contributed by atoms with Crippen LogP contribution in [0.1, 0.15) is 27.6 Å². The molecule has 0 aliphatic rings. The molecule has 3 rings (SSSR count). The summed E-state index contributed by atoms with van der Waals surface area (Å²) in [4.78, 5) is 23.6. The molecule has 23 heavy (non-hydrogen) atoms. The van der Waals surface area contributed by atoms with E-state index >= 15 is 0 Å². The fourth-order valence-electron chi connectivity index (χ4n) is 2.43. The Morgan fingerprint density at radius 1 is 0.913 bits per heavy atom. The number of hydrogen-bond acceptors (Lipinski definition) is 3. The molecule has 0 aromatic heterocycles. The molecule has 1 amide bonds. The summed E-state index contributed by atoms with van der Waals surface area (Å²) < 4.78 is 0. The predicted octanol–water partition coefficient (Wildman–Crippen LogP) is 4.00. The molecule has 0 saturated heterocycles. The molecule has 0 radical (unpaired) electrons. The second-order valence-corrected chi connectivity index (χ2v) is 5.27. The van der Waals surface area contributed by atoms with Crippen molar-refractivity contribution in [3.63, 3.8) is 0 Å². The topological polar surface area (TPSA) is 66.4 Å². The molecular formula is C19H15NO3. The molecule has 0 aliphatic heterocycles. The lowest BCUT2D eigenvalue weighted by Crippen LogP contribution is -2.12. The van der Waals surface area contributed by atoms with Crippen molar-refractivity contribution in [1.82, 2.24) is 0 Å². The summed E-state index contributed by atoms with van der Waals surface area (Å²) in [6.45, 7) is 1.49. The molecule has 0 heterocycles. The monoisotopic (exact) mass is 305 g/mol. The number of amides is 1. The standard InChI is InChI=1S/C19H15NO3/c1-12(21)13-6-9-15(10-7-13)20-19(23)17-11-8-14-4-2-3-5-16(14)18(17)22/h2-11,22H,1H3,(H,20,23). The van der Waals surface area contributed by atoms with Gasteiger partial charge in [-0.2, -0.15) is 0 Å². The van der Waals surface area contributed by atoms with E-state index in [1.54, 1.807) is 42.5 Å². The van der Waals surface area contributed by atoms with Gasteiger partial charge in [-0.1, -0.05) is 30.3 Å². The number of carbonyl (C=O) groups is 2. The first kappa shape index (κ1) is 14.8. The lowest BCUT2D eigenvalue weighted by molar-refractivity contribution is 0.101. The van der Waals surface area contributed by atoms with Crippen LogP contribution in [0.15, 0.2) is 60.7 Å². The van der Waals surface area contributed by atoms with Crippen LogP contribution >= 0.6 is 0 Å². The van der Waals surface area contributed by atoms with Crippen molar-refractivity contribution in [1.29, 1.82) is 0 Å². The highest BCUT2D eigenvalue weighted by atomic mass is 16.3. The molecule has 0 unspecified atom stereocenters. The number of hydrogen-bond donors (Lipinski definition) is 2. The first-order valence-electron chi connectivity index (χ1n) is 7.19. The predicted molar refractivity (Wildman–Crippen MR) is 90.0 cm³/mol. The van der Waals surface area contributed by atoms with Gasteiger partial charge in [0.15, 0.2) is 5.78 Å². The van der Waals surface area contributed by atoms with E-state index in [2.05, 4.69) is 5.32 Å². The summed E-state index contributed by atoms with van der Waals surface area (Å²) in [6.07, 6.45) is 0. The summed E-state index contributed by atoms with van der Waals surface area (Å²) in [5.74, 6) is -0.472. The van der Waals surface area contributed by atoms with E-state index < -0.39 is 5.91 Å². The molecule has 0 fully saturated rings. The second-order valence-electron chi connectivity index (χ2n) is 5.27. The zero-order valence-corrected chi connectivity index (χ0v) is 12.5. The number of anilines is 1. The molecule has 2 N–H and O–H groups in total. The number of aromatic hydroxyl groups is 1. The van der Waals surface area contributed by atoms with Gasteiger partial charge in [0.05, 0.1) is 5.56 Å². The van der Waals surface area contributed by atoms with E-state index in [1.165, 1.54) is 6.92 Å². The van der Waals surface area contributed by atoms with Gasteiger partial charge in [0.2, 0.25) is 0 Å². The summed E-state index contributed by atoms with van der Waals surface area (Å²) in [5, 5.41) is 14.5. The highest BCUT2D eigenvalue weighted by Crippen LogP contribution is 2.29. The number of phenols is 1. The van der Waals surface area contributed by atoms with Crippen LogP contribution in [0.3, 0.4) is 0 Å². The van der Waals surface area contributed by atoms with Gasteiger partial charge in [-0.3, -0.25) is 9.59 Å². The number of fused-ring (bicyclic) bond motifs is 1. The fraction of sp³-hybridized carbons (Fsp3) is 0.0526. The third-order valence-corrected chi connectivity index (χ3v) is 3.69. The van der Waals surface area contributed by atoms with Gasteiger partial charge in [-0.25, -0.2) is 0 Å². The number of phenolic OH excluding ortho intramolecular Hbond substituents is 1. The van der Waals surface area contributed by atoms with Crippen LogP contribution in [-0.4, -0.2) is 16.8 Å². The van der Waals surface area contributed by atoms with Crippen LogP contribution in [0.25, 0.3) is 10.8 Å². The van der Waals surface area contributed by atoms with Crippen LogP contribution < -0.4 is 5.32 Å². The van der Waals surface area contributed by atoms with Gasteiger partial charge in [0.1, 0.15) is 5.75 Å². The fourth-order valence-corrected chi connectivity index (χ4v) is 2.43. The lowest BCUT2D eigenvalue weighted by Gasteiger charge is -2.09. The van der Waals surface area contributed by atoms with E-state index in [4.69, 9.17) is 0 Å². The molecule has 3 aromatic rings. The van der Waals surface area contributed by atoms with Gasteiger partial charge in [-0.05, 0) is 42.6 Å². The highest BCUT2D eigenvalue weighted by molar-refractivity contribution is 6.10. The minimum absolute atomic E-state index is 0.0324. The molecule has 114 valence electrons. The Hall–Kier alpha value is -3.14. The number of nitrogens with one attached hydrogen (secondary N) is 1. The first-order valence-corrected chi connectivity index (χ1v) is 7.19. The molecular weight excluding hydrogens is 290 g/mol. The Labute approximate surface area is 133 Å². The van der Waals surface area contributed by atoms with E-state index in [-0.39, 0.29) is 17.1 Å². The summed E-state index contributed by atoms with van der Waals surface area (Å²) in [7, 11) is 0. The molecule has 0 atom stereocenters. The van der Waals surface area contributed by atoms with Gasteiger partial charge >= 0.3 is 0 Å². The second kappa shape index (κ2) is 5.93. The minimum Gasteiger partial charge on any atom is -0.506 e. The first-order chi connectivity index (χ1) is 11.1. The van der Waals surface area contributed by atoms with E-state index in [1.807, 2.05) is 18.2 Å². The molecule has 0 saturated carbocycles. The maximum Gasteiger partial charge on any atom is 0.259 e. The molecule has 0 aliphatic carbocycles. The van der Waals surface area contributed by atoms with Crippen LogP contribution in [0.2, 0.25) is 0 Å². The zero-order chi connectivity index (χ0) is 16.4. The average molecular weight is 305 g/mol. The maximum absolute atomic E-state index is 12.4. The SMILES string of the molecule is CC(=O)c1ccc(NC(=O)c2ccc3ccccc3c2O)cc1. The Kier molecular flexibility index (Phi) is 3.81. The minimum atomic E-state index is -0.399. The Morgan fingerprint density at radius 2 is 1.61 bits per heavy atom. The van der Waals surface area contributed by atoms with Gasteiger partial charge in [0.25, 0.3) is 5.91 Å². The summed E-state index contributed by atoms with van der Waals surface area (Å²) in [6, 6.07) is 17.3. The van der Waals surface area contributed by atoms with E-state index in [0.29, 0.717) is 16.6 Å². The Bertz CT molecular complexity index is 898. The van der Waals surface area contributed by atoms with Gasteiger partial charge in [-0.15, -0.1) is 0 Å². The van der Waals surface area contributed by atoms with Crippen LogP contribution in [-0.2, 0) is 0 Å². The van der Waals surface area contributed by atoms with Crippen molar-refractivity contribution in [2.24, 2.45) is 0 Å². The largest absolute Gasteiger partial charge is 0.506 e. The third-order valence-electron chi connectivity index (χ3n) is 3.69. The third kappa shape index (κ3) is 2.92. The van der Waals surface area contributed by atoms with Crippen LogP contribution in [0, 0.1) is 0 Å². The molecule has 3 aromatic carbocycles. The maximum atomic E-state index is 12.4. The Morgan fingerprint density at radius 3 is 2.30 bits per heavy atom. The molecule has 0 spiro atoms. The van der Waals surface area contributed by atoms with Crippen molar-refractivity contribution in [2.45, 2.75) is 6.92 Å². The average Bonchev–Trinajstić information content (AvgIpc) is 2.56. The smallest absolute Gasteiger partial charge is 0.259 e. The normalized spacial score (nSPS) is 10.5. The molecule has 0 bridgehead atoms. The van der Waals surface area contributed by atoms with Gasteiger partial charge < -0.3 is 10.4 Å². The molecule has 4 nitrogen and oxygen atoms in total. The van der Waals surface area contributed by atoms with E-state index in [9.17, 15) is 14.7 Å². The summed E-state index contributed by atoms with van der Waals surface area (Å²) >= 11 is 0. The summed E-state index contributed by atoms with van der Waals surface area (Å²) in [5.41, 5.74) is 1.35. The van der Waals surface area contributed by atoms with Crippen LogP contribution in [0.4, 0.5) is 5.69 Å². The zero-order valence-electron chi connectivity index (χ0n) is 12.5. The van der Waals surface area contributed by atoms with Crippen molar-refractivity contribution < 1.29 is 14.7 Å². The van der Waals surface area contributed by atoms with E-state index in [0.717, 1.165) is 5.39 Å². The van der Waals surface area contributed by atoms with Gasteiger partial charge in [0, 0.05) is 16.6 Å². The number of benzene rings is 3. The highest BCUT2D eigenvalue weighted by Gasteiger charge is 2.14. The number of ketones is 1. The number of carbonyl (C=O) groups excluding carboxylic acids is 2.